The van der Waals surface area contributed by atoms with Gasteiger partial charge in [-0.25, -0.2) is 4.79 Å². The van der Waals surface area contributed by atoms with Gasteiger partial charge in [0.1, 0.15) is 18.5 Å². The molecule has 0 unspecified atom stereocenters. The zero-order chi connectivity index (χ0) is 12.9. The van der Waals surface area contributed by atoms with Crippen molar-refractivity contribution in [3.8, 4) is 5.75 Å². The van der Waals surface area contributed by atoms with Crippen molar-refractivity contribution < 1.29 is 14.3 Å². The lowest BCUT2D eigenvalue weighted by molar-refractivity contribution is 0.0535. The minimum absolute atomic E-state index is 0.223. The molecule has 1 saturated carbocycles. The van der Waals surface area contributed by atoms with E-state index in [2.05, 4.69) is 5.32 Å². The summed E-state index contributed by atoms with van der Waals surface area (Å²) in [6.45, 7) is 2.40. The van der Waals surface area contributed by atoms with Crippen molar-refractivity contribution in [1.82, 2.24) is 5.32 Å². The van der Waals surface area contributed by atoms with E-state index in [1.165, 1.54) is 19.3 Å². The molecule has 0 bridgehead atoms. The van der Waals surface area contributed by atoms with Crippen LogP contribution in [0.3, 0.4) is 0 Å². The highest BCUT2D eigenvalue weighted by molar-refractivity contribution is 5.93. The fourth-order valence-electron chi connectivity index (χ4n) is 3.19. The second-order valence-corrected chi connectivity index (χ2v) is 5.82. The third-order valence-electron chi connectivity index (χ3n) is 4.64. The number of rotatable bonds is 2. The SMILES string of the molecule is O=C1OCc2cc(O[C@H]3CNCCC34CC4)ccc21. The van der Waals surface area contributed by atoms with Crippen LogP contribution in [0.2, 0.25) is 0 Å². The minimum atomic E-state index is -0.223. The first kappa shape index (κ1) is 11.3. The summed E-state index contributed by atoms with van der Waals surface area (Å²) in [5.74, 6) is 0.636. The van der Waals surface area contributed by atoms with Crippen molar-refractivity contribution >= 4 is 5.97 Å². The van der Waals surface area contributed by atoms with Gasteiger partial charge >= 0.3 is 5.97 Å². The molecular weight excluding hydrogens is 242 g/mol. The summed E-state index contributed by atoms with van der Waals surface area (Å²) in [4.78, 5) is 11.4. The van der Waals surface area contributed by atoms with E-state index < -0.39 is 0 Å². The van der Waals surface area contributed by atoms with E-state index in [1.807, 2.05) is 18.2 Å². The van der Waals surface area contributed by atoms with E-state index in [4.69, 9.17) is 9.47 Å². The maximum absolute atomic E-state index is 11.4. The molecule has 1 N–H and O–H groups in total. The molecule has 100 valence electrons. The third kappa shape index (κ3) is 1.82. The predicted molar refractivity (Wildman–Crippen MR) is 69.1 cm³/mol. The number of hydrogen-bond donors (Lipinski definition) is 1. The zero-order valence-electron chi connectivity index (χ0n) is 10.8. The van der Waals surface area contributed by atoms with Gasteiger partial charge in [0.05, 0.1) is 5.56 Å². The number of fused-ring (bicyclic) bond motifs is 1. The normalized spacial score (nSPS) is 26.9. The van der Waals surface area contributed by atoms with Gasteiger partial charge in [-0.3, -0.25) is 0 Å². The number of piperidine rings is 1. The summed E-state index contributed by atoms with van der Waals surface area (Å²) in [5.41, 5.74) is 2.03. The summed E-state index contributed by atoms with van der Waals surface area (Å²) >= 11 is 0. The molecule has 2 fully saturated rings. The average Bonchev–Trinajstić information content (AvgIpc) is 3.10. The number of cyclic esters (lactones) is 1. The second-order valence-electron chi connectivity index (χ2n) is 5.82. The van der Waals surface area contributed by atoms with Gasteiger partial charge in [-0.1, -0.05) is 0 Å². The van der Waals surface area contributed by atoms with Crippen molar-refractivity contribution in [2.75, 3.05) is 13.1 Å². The van der Waals surface area contributed by atoms with Gasteiger partial charge in [-0.2, -0.15) is 0 Å². The number of esters is 1. The number of nitrogens with one attached hydrogen (secondary N) is 1. The topological polar surface area (TPSA) is 47.6 Å². The lowest BCUT2D eigenvalue weighted by Crippen LogP contribution is -2.45. The van der Waals surface area contributed by atoms with Crippen molar-refractivity contribution in [1.29, 1.82) is 0 Å². The molecule has 0 amide bonds. The highest BCUT2D eigenvalue weighted by Crippen LogP contribution is 2.53. The van der Waals surface area contributed by atoms with Crippen LogP contribution in [0, 0.1) is 5.41 Å². The first-order valence-corrected chi connectivity index (χ1v) is 6.94. The van der Waals surface area contributed by atoms with Gasteiger partial charge in [0.2, 0.25) is 0 Å². The van der Waals surface area contributed by atoms with E-state index in [0.29, 0.717) is 17.6 Å². The standard InChI is InChI=1S/C15H17NO3/c17-14-12-2-1-11(7-10(12)9-18-14)19-13-8-16-6-5-15(13)3-4-15/h1-2,7,13,16H,3-6,8-9H2/t13-/m0/s1. The summed E-state index contributed by atoms with van der Waals surface area (Å²) in [6.07, 6.45) is 4.04. The van der Waals surface area contributed by atoms with E-state index >= 15 is 0 Å². The molecule has 1 atom stereocenters. The van der Waals surface area contributed by atoms with Crippen molar-refractivity contribution in [3.05, 3.63) is 29.3 Å². The van der Waals surface area contributed by atoms with E-state index in [0.717, 1.165) is 24.4 Å². The minimum Gasteiger partial charge on any atom is -0.489 e. The Kier molecular flexibility index (Phi) is 2.36. The first-order chi connectivity index (χ1) is 9.27. The highest BCUT2D eigenvalue weighted by atomic mass is 16.5. The smallest absolute Gasteiger partial charge is 0.338 e. The lowest BCUT2D eigenvalue weighted by atomic mass is 9.91. The summed E-state index contributed by atoms with van der Waals surface area (Å²) in [5, 5.41) is 3.41. The molecule has 19 heavy (non-hydrogen) atoms. The molecule has 1 aromatic carbocycles. The molecule has 1 aromatic rings. The number of carbonyl (C=O) groups is 1. The molecule has 2 heterocycles. The number of ether oxygens (including phenoxy) is 2. The van der Waals surface area contributed by atoms with Crippen molar-refractivity contribution in [2.45, 2.75) is 32.0 Å². The first-order valence-electron chi connectivity index (χ1n) is 6.94. The fraction of sp³-hybridized carbons (Fsp3) is 0.533. The molecule has 0 radical (unpaired) electrons. The third-order valence-corrected chi connectivity index (χ3v) is 4.64. The molecule has 2 aliphatic heterocycles. The molecule has 4 heteroatoms. The predicted octanol–water partition coefficient (Wildman–Crippen LogP) is 1.88. The van der Waals surface area contributed by atoms with Crippen LogP contribution >= 0.6 is 0 Å². The quantitative estimate of drug-likeness (QED) is 0.824. The number of hydrogen-bond acceptors (Lipinski definition) is 4. The van der Waals surface area contributed by atoms with Gasteiger partial charge < -0.3 is 14.8 Å². The van der Waals surface area contributed by atoms with Crippen LogP contribution in [0.5, 0.6) is 5.75 Å². The largest absolute Gasteiger partial charge is 0.489 e. The molecule has 4 nitrogen and oxygen atoms in total. The van der Waals surface area contributed by atoms with Gasteiger partial charge in [-0.05, 0) is 44.0 Å². The Hall–Kier alpha value is -1.55. The van der Waals surface area contributed by atoms with Crippen LogP contribution in [0.15, 0.2) is 18.2 Å². The Balaban J connectivity index is 1.55. The van der Waals surface area contributed by atoms with E-state index in [-0.39, 0.29) is 12.1 Å². The molecule has 3 aliphatic rings. The maximum atomic E-state index is 11.4. The number of carbonyl (C=O) groups excluding carboxylic acids is 1. The Bertz CT molecular complexity index is 536. The van der Waals surface area contributed by atoms with Crippen molar-refractivity contribution in [2.24, 2.45) is 5.41 Å². The van der Waals surface area contributed by atoms with Gasteiger partial charge in [0.25, 0.3) is 0 Å². The fourth-order valence-corrected chi connectivity index (χ4v) is 3.19. The van der Waals surface area contributed by atoms with Crippen LogP contribution < -0.4 is 10.1 Å². The molecule has 1 saturated heterocycles. The van der Waals surface area contributed by atoms with Crippen molar-refractivity contribution in [3.63, 3.8) is 0 Å². The molecule has 1 aliphatic carbocycles. The van der Waals surface area contributed by atoms with Crippen LogP contribution in [0.1, 0.15) is 35.2 Å². The van der Waals surface area contributed by atoms with E-state index in [1.54, 1.807) is 0 Å². The van der Waals surface area contributed by atoms with Crippen LogP contribution in [0.4, 0.5) is 0 Å². The van der Waals surface area contributed by atoms with Gasteiger partial charge in [-0.15, -0.1) is 0 Å². The Morgan fingerprint density at radius 1 is 1.32 bits per heavy atom. The van der Waals surface area contributed by atoms with Gasteiger partial charge in [0, 0.05) is 17.5 Å². The average molecular weight is 259 g/mol. The monoisotopic (exact) mass is 259 g/mol. The maximum Gasteiger partial charge on any atom is 0.338 e. The molecule has 4 rings (SSSR count). The Morgan fingerprint density at radius 3 is 3.05 bits per heavy atom. The molecular formula is C15H17NO3. The van der Waals surface area contributed by atoms with E-state index in [9.17, 15) is 4.79 Å². The zero-order valence-corrected chi connectivity index (χ0v) is 10.8. The highest BCUT2D eigenvalue weighted by Gasteiger charge is 2.51. The Labute approximate surface area is 112 Å². The Morgan fingerprint density at radius 2 is 2.21 bits per heavy atom. The lowest BCUT2D eigenvalue weighted by Gasteiger charge is -2.32. The summed E-state index contributed by atoms with van der Waals surface area (Å²) < 4.78 is 11.2. The summed E-state index contributed by atoms with van der Waals surface area (Å²) in [6, 6.07) is 5.65. The number of benzene rings is 1. The van der Waals surface area contributed by atoms with Crippen LogP contribution in [-0.4, -0.2) is 25.2 Å². The van der Waals surface area contributed by atoms with Crippen LogP contribution in [-0.2, 0) is 11.3 Å². The summed E-state index contributed by atoms with van der Waals surface area (Å²) in [7, 11) is 0. The molecule has 0 aromatic heterocycles. The molecule has 1 spiro atoms. The van der Waals surface area contributed by atoms with Crippen LogP contribution in [0.25, 0.3) is 0 Å². The second kappa shape index (κ2) is 3.97. The van der Waals surface area contributed by atoms with Gasteiger partial charge in [0.15, 0.2) is 0 Å².